The molecular formula is C29H34F3N3O3. The van der Waals surface area contributed by atoms with Crippen molar-refractivity contribution in [3.05, 3.63) is 70.7 Å². The summed E-state index contributed by atoms with van der Waals surface area (Å²) < 4.78 is 45.5. The Balaban J connectivity index is 1.34. The van der Waals surface area contributed by atoms with E-state index in [4.69, 9.17) is 10.5 Å². The highest BCUT2D eigenvalue weighted by Crippen LogP contribution is 2.38. The Morgan fingerprint density at radius 1 is 1.11 bits per heavy atom. The predicted molar refractivity (Wildman–Crippen MR) is 140 cm³/mol. The molecule has 0 saturated carbocycles. The average Bonchev–Trinajstić information content (AvgIpc) is 2.92. The summed E-state index contributed by atoms with van der Waals surface area (Å²) in [5, 5.41) is 11.1. The van der Waals surface area contributed by atoms with Crippen molar-refractivity contribution in [2.45, 2.75) is 51.5 Å². The molecule has 3 aromatic rings. The second-order valence-electron chi connectivity index (χ2n) is 10.1. The standard InChI is InChI=1S/C29H34F3N3O3/c1-38-21-6-7-26-23(16-21)22(20(17-33)18-34-26)5-2-8-29(28(36)37)9-12-35(13-10-29)11-3-4-19-14-24(30)27(32)25(31)15-19/h6-7,14-16,18H,2-5,8-13,17,33H2,1H3,(H,36,37). The predicted octanol–water partition coefficient (Wildman–Crippen LogP) is 5.24. The van der Waals surface area contributed by atoms with Gasteiger partial charge in [-0.25, -0.2) is 13.2 Å². The largest absolute Gasteiger partial charge is 0.497 e. The molecule has 1 aliphatic rings. The van der Waals surface area contributed by atoms with Gasteiger partial charge < -0.3 is 20.5 Å². The maximum Gasteiger partial charge on any atom is 0.309 e. The molecule has 0 spiro atoms. The number of aromatic nitrogens is 1. The lowest BCUT2D eigenvalue weighted by molar-refractivity contribution is -0.152. The van der Waals surface area contributed by atoms with Gasteiger partial charge in [0, 0.05) is 18.1 Å². The van der Waals surface area contributed by atoms with Crippen LogP contribution in [0.3, 0.4) is 0 Å². The molecule has 2 heterocycles. The first-order chi connectivity index (χ1) is 18.3. The van der Waals surface area contributed by atoms with E-state index in [1.165, 1.54) is 0 Å². The fourth-order valence-electron chi connectivity index (χ4n) is 5.50. The summed E-state index contributed by atoms with van der Waals surface area (Å²) in [5.41, 5.74) is 8.50. The summed E-state index contributed by atoms with van der Waals surface area (Å²) >= 11 is 0. The number of hydrogen-bond donors (Lipinski definition) is 2. The molecule has 6 nitrogen and oxygen atoms in total. The third-order valence-corrected chi connectivity index (χ3v) is 7.83. The van der Waals surface area contributed by atoms with Gasteiger partial charge in [-0.1, -0.05) is 0 Å². The maximum absolute atomic E-state index is 13.5. The number of nitrogens with two attached hydrogens (primary N) is 1. The number of rotatable bonds is 11. The third kappa shape index (κ3) is 6.10. The van der Waals surface area contributed by atoms with Crippen molar-refractivity contribution in [3.8, 4) is 5.75 Å². The van der Waals surface area contributed by atoms with Crippen LogP contribution in [-0.2, 0) is 24.2 Å². The normalized spacial score (nSPS) is 15.6. The summed E-state index contributed by atoms with van der Waals surface area (Å²) in [7, 11) is 1.62. The highest BCUT2D eigenvalue weighted by atomic mass is 19.2. The molecule has 0 radical (unpaired) electrons. The van der Waals surface area contributed by atoms with Gasteiger partial charge in [0.2, 0.25) is 0 Å². The molecule has 0 amide bonds. The SMILES string of the molecule is COc1ccc2ncc(CN)c(CCCC3(C(=O)O)CCN(CCCc4cc(F)c(F)c(F)c4)CC3)c2c1. The van der Waals surface area contributed by atoms with Crippen molar-refractivity contribution in [3.63, 3.8) is 0 Å². The number of fused-ring (bicyclic) bond motifs is 1. The lowest BCUT2D eigenvalue weighted by Crippen LogP contribution is -2.44. The average molecular weight is 530 g/mol. The number of methoxy groups -OCH3 is 1. The van der Waals surface area contributed by atoms with E-state index < -0.39 is 28.8 Å². The van der Waals surface area contributed by atoms with E-state index in [2.05, 4.69) is 9.88 Å². The van der Waals surface area contributed by atoms with Crippen molar-refractivity contribution < 1.29 is 27.8 Å². The van der Waals surface area contributed by atoms with Gasteiger partial charge in [0.15, 0.2) is 17.5 Å². The Hall–Kier alpha value is -3.17. The zero-order chi connectivity index (χ0) is 27.3. The second kappa shape index (κ2) is 12.1. The topological polar surface area (TPSA) is 88.7 Å². The quantitative estimate of drug-likeness (QED) is 0.330. The monoisotopic (exact) mass is 529 g/mol. The molecule has 1 aromatic heterocycles. The molecule has 1 fully saturated rings. The number of aryl methyl sites for hydroxylation is 2. The third-order valence-electron chi connectivity index (χ3n) is 7.83. The minimum atomic E-state index is -1.45. The number of benzene rings is 2. The van der Waals surface area contributed by atoms with E-state index in [0.29, 0.717) is 76.7 Å². The second-order valence-corrected chi connectivity index (χ2v) is 10.1. The van der Waals surface area contributed by atoms with Crippen LogP contribution in [0, 0.1) is 22.9 Å². The highest BCUT2D eigenvalue weighted by Gasteiger charge is 2.40. The van der Waals surface area contributed by atoms with Crippen LogP contribution in [0.1, 0.15) is 48.8 Å². The highest BCUT2D eigenvalue weighted by molar-refractivity contribution is 5.84. The molecule has 204 valence electrons. The first-order valence-corrected chi connectivity index (χ1v) is 13.0. The molecule has 9 heteroatoms. The van der Waals surface area contributed by atoms with Crippen LogP contribution in [-0.4, -0.2) is 47.7 Å². The van der Waals surface area contributed by atoms with Gasteiger partial charge in [-0.2, -0.15) is 0 Å². The summed E-state index contributed by atoms with van der Waals surface area (Å²) in [5.74, 6) is -3.84. The Kier molecular flexibility index (Phi) is 8.89. The number of carboxylic acids is 1. The van der Waals surface area contributed by atoms with Gasteiger partial charge in [-0.3, -0.25) is 9.78 Å². The number of nitrogens with zero attached hydrogens (tertiary/aromatic N) is 2. The van der Waals surface area contributed by atoms with Gasteiger partial charge in [0.05, 0.1) is 18.0 Å². The van der Waals surface area contributed by atoms with Crippen LogP contribution in [0.4, 0.5) is 13.2 Å². The molecule has 38 heavy (non-hydrogen) atoms. The smallest absolute Gasteiger partial charge is 0.309 e. The van der Waals surface area contributed by atoms with Crippen molar-refractivity contribution in [2.75, 3.05) is 26.7 Å². The van der Waals surface area contributed by atoms with E-state index in [-0.39, 0.29) is 0 Å². The number of carbonyl (C=O) groups is 1. The summed E-state index contributed by atoms with van der Waals surface area (Å²) in [6, 6.07) is 7.79. The Morgan fingerprint density at radius 2 is 1.82 bits per heavy atom. The number of piperidine rings is 1. The van der Waals surface area contributed by atoms with Crippen LogP contribution in [0.5, 0.6) is 5.75 Å². The molecule has 0 bridgehead atoms. The number of halogens is 3. The number of carboxylic acid groups (broad SMARTS) is 1. The van der Waals surface area contributed by atoms with E-state index in [9.17, 15) is 23.1 Å². The van der Waals surface area contributed by atoms with Crippen molar-refractivity contribution in [1.29, 1.82) is 0 Å². The number of pyridine rings is 1. The minimum absolute atomic E-state index is 0.353. The Morgan fingerprint density at radius 3 is 2.45 bits per heavy atom. The van der Waals surface area contributed by atoms with Gasteiger partial charge in [0.1, 0.15) is 5.75 Å². The lowest BCUT2D eigenvalue weighted by Gasteiger charge is -2.39. The fourth-order valence-corrected chi connectivity index (χ4v) is 5.50. The van der Waals surface area contributed by atoms with E-state index in [0.717, 1.165) is 39.9 Å². The fraction of sp³-hybridized carbons (Fsp3) is 0.448. The van der Waals surface area contributed by atoms with Crippen molar-refractivity contribution in [2.24, 2.45) is 11.1 Å². The van der Waals surface area contributed by atoms with E-state index >= 15 is 0 Å². The van der Waals surface area contributed by atoms with E-state index in [1.807, 2.05) is 18.2 Å². The first kappa shape index (κ1) is 27.9. The van der Waals surface area contributed by atoms with Crippen LogP contribution in [0.2, 0.25) is 0 Å². The van der Waals surface area contributed by atoms with Gasteiger partial charge >= 0.3 is 5.97 Å². The number of ether oxygens (including phenoxy) is 1. The molecule has 1 aliphatic heterocycles. The molecular weight excluding hydrogens is 495 g/mol. The first-order valence-electron chi connectivity index (χ1n) is 13.0. The number of likely N-dealkylation sites (tertiary alicyclic amines) is 1. The molecule has 0 unspecified atom stereocenters. The summed E-state index contributed by atoms with van der Waals surface area (Å²) in [6.07, 6.45) is 5.90. The van der Waals surface area contributed by atoms with E-state index in [1.54, 1.807) is 13.3 Å². The van der Waals surface area contributed by atoms with Crippen LogP contribution in [0.25, 0.3) is 10.9 Å². The molecule has 3 N–H and O–H groups in total. The zero-order valence-electron chi connectivity index (χ0n) is 21.6. The molecule has 2 aromatic carbocycles. The molecule has 0 atom stereocenters. The maximum atomic E-state index is 13.5. The van der Waals surface area contributed by atoms with Crippen molar-refractivity contribution in [1.82, 2.24) is 9.88 Å². The molecule has 1 saturated heterocycles. The molecule has 0 aliphatic carbocycles. The van der Waals surface area contributed by atoms with Crippen molar-refractivity contribution >= 4 is 16.9 Å². The lowest BCUT2D eigenvalue weighted by atomic mass is 9.74. The number of hydrogen-bond acceptors (Lipinski definition) is 5. The van der Waals surface area contributed by atoms with Gasteiger partial charge in [-0.15, -0.1) is 0 Å². The summed E-state index contributed by atoms with van der Waals surface area (Å²) in [4.78, 5) is 19.1. The van der Waals surface area contributed by atoms with Crippen LogP contribution >= 0.6 is 0 Å². The van der Waals surface area contributed by atoms with Gasteiger partial charge in [-0.05, 0) is 112 Å². The summed E-state index contributed by atoms with van der Waals surface area (Å²) in [6.45, 7) is 2.32. The minimum Gasteiger partial charge on any atom is -0.497 e. The number of aliphatic carboxylic acids is 1. The zero-order valence-corrected chi connectivity index (χ0v) is 21.6. The Labute approximate surface area is 220 Å². The molecule has 4 rings (SSSR count). The van der Waals surface area contributed by atoms with Crippen LogP contribution < -0.4 is 10.5 Å². The Bertz CT molecular complexity index is 1260. The van der Waals surface area contributed by atoms with Gasteiger partial charge in [0.25, 0.3) is 0 Å². The van der Waals surface area contributed by atoms with Crippen LogP contribution in [0.15, 0.2) is 36.5 Å².